The quantitative estimate of drug-likeness (QED) is 0.813. The van der Waals surface area contributed by atoms with Crippen LogP contribution in [0.2, 0.25) is 0 Å². The molecule has 0 atom stereocenters. The fraction of sp³-hybridized carbons (Fsp3) is 0.200. The Bertz CT molecular complexity index is 568. The van der Waals surface area contributed by atoms with Crippen LogP contribution in [0.4, 0.5) is 20.2 Å². The van der Waals surface area contributed by atoms with Crippen molar-refractivity contribution in [2.24, 2.45) is 0 Å². The lowest BCUT2D eigenvalue weighted by Crippen LogP contribution is -2.03. The molecule has 0 radical (unpaired) electrons. The van der Waals surface area contributed by atoms with Crippen LogP contribution in [0.3, 0.4) is 0 Å². The van der Waals surface area contributed by atoms with Gasteiger partial charge in [0.25, 0.3) is 6.43 Å². The Labute approximate surface area is 111 Å². The van der Waals surface area contributed by atoms with Gasteiger partial charge in [-0.05, 0) is 30.7 Å². The van der Waals surface area contributed by atoms with E-state index in [9.17, 15) is 8.78 Å². The number of nitrogens with two attached hydrogens (primary N) is 1. The highest BCUT2D eigenvalue weighted by atomic mass is 19.3. The number of hydrogen-bond donors (Lipinski definition) is 2. The summed E-state index contributed by atoms with van der Waals surface area (Å²) in [7, 11) is 0. The Kier molecular flexibility index (Phi) is 4.00. The highest BCUT2D eigenvalue weighted by Crippen LogP contribution is 2.29. The van der Waals surface area contributed by atoms with Gasteiger partial charge < -0.3 is 11.1 Å². The predicted octanol–water partition coefficient (Wildman–Crippen LogP) is 4.13. The Morgan fingerprint density at radius 3 is 2.63 bits per heavy atom. The Hall–Kier alpha value is -2.10. The van der Waals surface area contributed by atoms with Gasteiger partial charge in [-0.3, -0.25) is 0 Å². The summed E-state index contributed by atoms with van der Waals surface area (Å²) >= 11 is 0. The van der Waals surface area contributed by atoms with Crippen molar-refractivity contribution in [3.05, 3.63) is 59.2 Å². The van der Waals surface area contributed by atoms with E-state index in [1.807, 2.05) is 31.2 Å². The molecule has 0 heterocycles. The number of halogens is 2. The third kappa shape index (κ3) is 3.44. The Balaban J connectivity index is 2.15. The van der Waals surface area contributed by atoms with Crippen molar-refractivity contribution in [3.63, 3.8) is 0 Å². The average Bonchev–Trinajstić information content (AvgIpc) is 2.37. The average molecular weight is 262 g/mol. The van der Waals surface area contributed by atoms with Crippen LogP contribution < -0.4 is 11.1 Å². The van der Waals surface area contributed by atoms with E-state index in [2.05, 4.69) is 5.32 Å². The van der Waals surface area contributed by atoms with Crippen LogP contribution in [0.15, 0.2) is 42.5 Å². The molecule has 0 fully saturated rings. The first kappa shape index (κ1) is 13.3. The zero-order chi connectivity index (χ0) is 13.8. The van der Waals surface area contributed by atoms with Crippen LogP contribution >= 0.6 is 0 Å². The molecular weight excluding hydrogens is 246 g/mol. The van der Waals surface area contributed by atoms with E-state index in [1.54, 1.807) is 12.1 Å². The van der Waals surface area contributed by atoms with Crippen molar-refractivity contribution in [1.82, 2.24) is 0 Å². The molecule has 0 bridgehead atoms. The molecule has 3 N–H and O–H groups in total. The summed E-state index contributed by atoms with van der Waals surface area (Å²) in [6.07, 6.45) is -2.54. The molecule has 0 unspecified atom stereocenters. The lowest BCUT2D eigenvalue weighted by molar-refractivity contribution is 0.152. The smallest absolute Gasteiger partial charge is 0.265 e. The number of nitrogens with one attached hydrogen (secondary N) is 1. The van der Waals surface area contributed by atoms with Crippen LogP contribution in [0.25, 0.3) is 0 Å². The van der Waals surface area contributed by atoms with Crippen molar-refractivity contribution >= 4 is 11.4 Å². The maximum atomic E-state index is 12.9. The SMILES string of the molecule is Cc1cccc(CNc2ccc(N)cc2C(F)F)c1. The summed E-state index contributed by atoms with van der Waals surface area (Å²) in [5, 5.41) is 3.03. The lowest BCUT2D eigenvalue weighted by atomic mass is 10.1. The standard InChI is InChI=1S/C15H16F2N2/c1-10-3-2-4-11(7-10)9-19-14-6-5-12(18)8-13(14)15(16)17/h2-8,15,19H,9,18H2,1H3. The van der Waals surface area contributed by atoms with Crippen LogP contribution in [0.5, 0.6) is 0 Å². The van der Waals surface area contributed by atoms with E-state index in [1.165, 1.54) is 6.07 Å². The van der Waals surface area contributed by atoms with E-state index in [4.69, 9.17) is 5.73 Å². The molecule has 0 aliphatic heterocycles. The normalized spacial score (nSPS) is 10.7. The zero-order valence-electron chi connectivity index (χ0n) is 10.7. The van der Waals surface area contributed by atoms with E-state index in [0.717, 1.165) is 11.1 Å². The first-order valence-electron chi connectivity index (χ1n) is 6.03. The second-order valence-electron chi connectivity index (χ2n) is 4.49. The van der Waals surface area contributed by atoms with Gasteiger partial charge >= 0.3 is 0 Å². The molecule has 0 aliphatic carbocycles. The van der Waals surface area contributed by atoms with Crippen LogP contribution in [-0.4, -0.2) is 0 Å². The molecule has 0 aromatic heterocycles. The number of hydrogen-bond acceptors (Lipinski definition) is 2. The van der Waals surface area contributed by atoms with Gasteiger partial charge in [-0.15, -0.1) is 0 Å². The Morgan fingerprint density at radius 1 is 1.16 bits per heavy atom. The second-order valence-corrected chi connectivity index (χ2v) is 4.49. The van der Waals surface area contributed by atoms with Gasteiger partial charge in [0, 0.05) is 23.5 Å². The summed E-state index contributed by atoms with van der Waals surface area (Å²) < 4.78 is 25.8. The van der Waals surface area contributed by atoms with Crippen molar-refractivity contribution in [1.29, 1.82) is 0 Å². The van der Waals surface area contributed by atoms with Gasteiger partial charge in [0.05, 0.1) is 0 Å². The van der Waals surface area contributed by atoms with E-state index >= 15 is 0 Å². The highest BCUT2D eigenvalue weighted by Gasteiger charge is 2.13. The molecule has 100 valence electrons. The number of anilines is 2. The highest BCUT2D eigenvalue weighted by molar-refractivity contribution is 5.58. The third-order valence-electron chi connectivity index (χ3n) is 2.88. The second kappa shape index (κ2) is 5.69. The van der Waals surface area contributed by atoms with Crippen molar-refractivity contribution in [2.45, 2.75) is 19.9 Å². The van der Waals surface area contributed by atoms with Gasteiger partial charge in [0.1, 0.15) is 0 Å². The lowest BCUT2D eigenvalue weighted by Gasteiger charge is -2.12. The third-order valence-corrected chi connectivity index (χ3v) is 2.88. The fourth-order valence-corrected chi connectivity index (χ4v) is 1.94. The number of aryl methyl sites for hydroxylation is 1. The number of nitrogen functional groups attached to an aromatic ring is 1. The first-order chi connectivity index (χ1) is 9.06. The van der Waals surface area contributed by atoms with Crippen LogP contribution in [0, 0.1) is 6.92 Å². The first-order valence-corrected chi connectivity index (χ1v) is 6.03. The molecule has 2 aromatic rings. The molecule has 19 heavy (non-hydrogen) atoms. The summed E-state index contributed by atoms with van der Waals surface area (Å²) in [6, 6.07) is 12.4. The molecule has 0 saturated heterocycles. The summed E-state index contributed by atoms with van der Waals surface area (Å²) in [6.45, 7) is 2.50. The minimum Gasteiger partial charge on any atom is -0.399 e. The van der Waals surface area contributed by atoms with Crippen molar-refractivity contribution in [3.8, 4) is 0 Å². The molecular formula is C15H16F2N2. The van der Waals surface area contributed by atoms with Gasteiger partial charge in [-0.1, -0.05) is 29.8 Å². The van der Waals surface area contributed by atoms with E-state index in [-0.39, 0.29) is 5.56 Å². The van der Waals surface area contributed by atoms with Crippen molar-refractivity contribution in [2.75, 3.05) is 11.1 Å². The number of benzene rings is 2. The summed E-state index contributed by atoms with van der Waals surface area (Å²) in [4.78, 5) is 0. The van der Waals surface area contributed by atoms with E-state index in [0.29, 0.717) is 17.9 Å². The van der Waals surface area contributed by atoms with Crippen LogP contribution in [0.1, 0.15) is 23.1 Å². The number of rotatable bonds is 4. The molecule has 2 aromatic carbocycles. The van der Waals surface area contributed by atoms with Gasteiger partial charge in [-0.25, -0.2) is 8.78 Å². The number of alkyl halides is 2. The minimum atomic E-state index is -2.54. The minimum absolute atomic E-state index is 0.0624. The van der Waals surface area contributed by atoms with Gasteiger partial charge in [0.2, 0.25) is 0 Å². The molecule has 0 spiro atoms. The van der Waals surface area contributed by atoms with Crippen LogP contribution in [-0.2, 0) is 6.54 Å². The Morgan fingerprint density at radius 2 is 1.95 bits per heavy atom. The summed E-state index contributed by atoms with van der Waals surface area (Å²) in [5.74, 6) is 0. The zero-order valence-corrected chi connectivity index (χ0v) is 10.7. The molecule has 2 nitrogen and oxygen atoms in total. The van der Waals surface area contributed by atoms with E-state index < -0.39 is 6.43 Å². The molecule has 0 aliphatic rings. The molecule has 0 amide bonds. The molecule has 0 saturated carbocycles. The fourth-order valence-electron chi connectivity index (χ4n) is 1.94. The molecule has 2 rings (SSSR count). The largest absolute Gasteiger partial charge is 0.399 e. The van der Waals surface area contributed by atoms with Gasteiger partial charge in [-0.2, -0.15) is 0 Å². The van der Waals surface area contributed by atoms with Crippen molar-refractivity contribution < 1.29 is 8.78 Å². The maximum Gasteiger partial charge on any atom is 0.265 e. The monoisotopic (exact) mass is 262 g/mol. The van der Waals surface area contributed by atoms with Gasteiger partial charge in [0.15, 0.2) is 0 Å². The maximum absolute atomic E-state index is 12.9. The molecule has 4 heteroatoms. The summed E-state index contributed by atoms with van der Waals surface area (Å²) in [5.41, 5.74) is 8.43. The predicted molar refractivity (Wildman–Crippen MR) is 74.3 cm³/mol. The topological polar surface area (TPSA) is 38.0 Å².